The van der Waals surface area contributed by atoms with Crippen molar-refractivity contribution in [1.29, 1.82) is 0 Å². The fourth-order valence-corrected chi connectivity index (χ4v) is 12.9. The third kappa shape index (κ3) is 12.4. The molecule has 0 bridgehead atoms. The monoisotopic (exact) mass is 1410 g/mol. The van der Waals surface area contributed by atoms with Crippen LogP contribution >= 0.6 is 0 Å². The third-order valence-electron chi connectivity index (χ3n) is 17.9. The number of rotatable bonds is 12. The van der Waals surface area contributed by atoms with E-state index in [4.69, 9.17) is 9.72 Å². The van der Waals surface area contributed by atoms with Gasteiger partial charge in [-0.05, 0) is 137 Å². The van der Waals surface area contributed by atoms with Gasteiger partial charge < -0.3 is 19.1 Å². The number of benzene rings is 10. The molecule has 9 heteroatoms. The Labute approximate surface area is 560 Å². The maximum Gasteiger partial charge on any atom is 0.136 e. The summed E-state index contributed by atoms with van der Waals surface area (Å²) in [5.41, 5.74) is 16.9. The molecule has 3 heterocycles. The van der Waals surface area contributed by atoms with Crippen molar-refractivity contribution in [1.82, 2.24) is 9.55 Å². The van der Waals surface area contributed by atoms with Crippen molar-refractivity contribution in [2.75, 3.05) is 9.80 Å². The number of halogens is 3. The molecule has 0 radical (unpaired) electrons. The van der Waals surface area contributed by atoms with Gasteiger partial charge in [0.05, 0.1) is 5.56 Å². The first-order chi connectivity index (χ1) is 43.9. The molecule has 0 unspecified atom stereocenters. The van der Waals surface area contributed by atoms with Gasteiger partial charge in [0, 0.05) is 84.6 Å². The molecular weight excluding hydrogens is 1330 g/mol. The molecule has 0 aliphatic carbocycles. The number of ether oxygens (including phenoxy) is 1. The fraction of sp³-hybridized carbons (Fsp3) is 0.214. The molecule has 93 heavy (non-hydrogen) atoms. The Bertz CT molecular complexity index is 4730. The second-order valence-corrected chi connectivity index (χ2v) is 28.2. The van der Waals surface area contributed by atoms with Crippen molar-refractivity contribution >= 4 is 44.6 Å². The minimum Gasteiger partial charge on any atom is -0.509 e. The maximum atomic E-state index is 17.1. The summed E-state index contributed by atoms with van der Waals surface area (Å²) in [6.07, 6.45) is 1.88. The van der Waals surface area contributed by atoms with E-state index in [2.05, 4.69) is 233 Å². The van der Waals surface area contributed by atoms with Crippen LogP contribution < -0.4 is 14.5 Å². The molecule has 0 fully saturated rings. The van der Waals surface area contributed by atoms with Crippen molar-refractivity contribution in [3.63, 3.8) is 0 Å². The average Bonchev–Trinajstić information content (AvgIpc) is 1.66. The third-order valence-corrected chi connectivity index (χ3v) is 17.9. The van der Waals surface area contributed by atoms with Crippen LogP contribution in [0.3, 0.4) is 0 Å². The molecule has 0 amide bonds. The summed E-state index contributed by atoms with van der Waals surface area (Å²) >= 11 is 0. The molecule has 13 rings (SSSR count). The van der Waals surface area contributed by atoms with Gasteiger partial charge >= 0.3 is 0 Å². The standard InChI is InChI=1S/C84H76F3N4O.Pt/c1-51(2)68-40-55(53-24-16-14-17-25-53)41-69(52(3)4)79(68)58-38-63(48-65(39-58)92-64-32-33-67-66-28-20-21-29-74(66)91(77(67)49-64)78-45-59(34-35-88-78)82(5,6)7)89-50-90(76-31-23-22-30-75(76)89)81-70(57-36-60(83(8,9)10)44-61(37-57)84(11,12)13)42-56(54-26-18-15-19-27-54)43-71(81)80-72(86)46-62(85)47-73(80)87;/h14-47,50-52H,1-13H3;/q-3;. The van der Waals surface area contributed by atoms with Crippen molar-refractivity contribution in [2.24, 2.45) is 0 Å². The van der Waals surface area contributed by atoms with Crippen LogP contribution in [0.4, 0.5) is 35.9 Å². The first-order valence-corrected chi connectivity index (χ1v) is 31.9. The average molecular weight is 1410 g/mol. The van der Waals surface area contributed by atoms with Gasteiger partial charge in [0.1, 0.15) is 23.3 Å². The minimum atomic E-state index is -1.02. The molecule has 2 aromatic heterocycles. The Balaban J connectivity index is 0.00000832. The summed E-state index contributed by atoms with van der Waals surface area (Å²) in [6, 6.07) is 73.8. The largest absolute Gasteiger partial charge is 0.509 e. The van der Waals surface area contributed by atoms with Crippen molar-refractivity contribution in [3.8, 4) is 73.0 Å². The van der Waals surface area contributed by atoms with E-state index in [1.807, 2.05) is 84.5 Å². The van der Waals surface area contributed by atoms with E-state index in [0.717, 1.165) is 112 Å². The number of aromatic nitrogens is 2. The van der Waals surface area contributed by atoms with Crippen LogP contribution in [0, 0.1) is 36.3 Å². The number of pyridine rings is 1. The van der Waals surface area contributed by atoms with Gasteiger partial charge in [-0.15, -0.1) is 53.6 Å². The molecule has 0 N–H and O–H groups in total. The van der Waals surface area contributed by atoms with Crippen molar-refractivity contribution in [3.05, 3.63) is 270 Å². The van der Waals surface area contributed by atoms with Gasteiger partial charge in [-0.2, -0.15) is 6.07 Å². The molecule has 472 valence electrons. The summed E-state index contributed by atoms with van der Waals surface area (Å²) in [5.74, 6) is -1.11. The van der Waals surface area contributed by atoms with Gasteiger partial charge in [-0.25, -0.2) is 18.2 Å². The zero-order valence-electron chi connectivity index (χ0n) is 55.0. The zero-order valence-corrected chi connectivity index (χ0v) is 57.3. The van der Waals surface area contributed by atoms with E-state index >= 15 is 13.2 Å². The van der Waals surface area contributed by atoms with Crippen molar-refractivity contribution in [2.45, 2.75) is 118 Å². The number of fused-ring (bicyclic) bond motifs is 4. The van der Waals surface area contributed by atoms with Crippen LogP contribution in [0.5, 0.6) is 11.5 Å². The second-order valence-electron chi connectivity index (χ2n) is 28.2. The molecule has 5 nitrogen and oxygen atoms in total. The number of hydrogen-bond acceptors (Lipinski definition) is 4. The topological polar surface area (TPSA) is 33.5 Å². The molecule has 10 aromatic carbocycles. The van der Waals surface area contributed by atoms with E-state index in [0.29, 0.717) is 22.9 Å². The summed E-state index contributed by atoms with van der Waals surface area (Å²) in [4.78, 5) is 9.09. The maximum absolute atomic E-state index is 17.1. The molecule has 0 spiro atoms. The number of para-hydroxylation sites is 3. The predicted molar refractivity (Wildman–Crippen MR) is 376 cm³/mol. The van der Waals surface area contributed by atoms with Gasteiger partial charge in [-0.1, -0.05) is 217 Å². The summed E-state index contributed by atoms with van der Waals surface area (Å²) in [7, 11) is 0. The van der Waals surface area contributed by atoms with Crippen LogP contribution in [0.15, 0.2) is 206 Å². The summed E-state index contributed by atoms with van der Waals surface area (Å²) in [5, 5.41) is 2.08. The second kappa shape index (κ2) is 24.8. The van der Waals surface area contributed by atoms with Crippen LogP contribution in [0.25, 0.3) is 83.3 Å². The predicted octanol–water partition coefficient (Wildman–Crippen LogP) is 23.9. The summed E-state index contributed by atoms with van der Waals surface area (Å²) < 4.78 is 58.8. The minimum absolute atomic E-state index is 0. The van der Waals surface area contributed by atoms with E-state index < -0.39 is 17.5 Å². The van der Waals surface area contributed by atoms with Crippen LogP contribution in [-0.2, 0) is 37.3 Å². The van der Waals surface area contributed by atoms with Gasteiger partial charge in [0.2, 0.25) is 0 Å². The summed E-state index contributed by atoms with van der Waals surface area (Å²) in [6.45, 7) is 30.8. The zero-order chi connectivity index (χ0) is 64.7. The SMILES string of the molecule is CC(C)c1cc(-c2ccccc2)cc(C(C)C)c1-c1cc(Oc2[c-]c3c(cc2)c2ccccc2n3-c2cc(C(C)(C)C)ccn2)[c-]c(N2[CH-]N(c3c(-c4cc(C(C)(C)C)cc(C(C)(C)C)c4)cc(-c4ccccc4)cc3-c3c(F)cc(F)cc3F)c3ccccc32)c1.[Pt]. The van der Waals surface area contributed by atoms with Crippen LogP contribution in [-0.4, -0.2) is 9.55 Å². The first kappa shape index (κ1) is 64.1. The van der Waals surface area contributed by atoms with E-state index in [9.17, 15) is 0 Å². The molecule has 1 aliphatic heterocycles. The van der Waals surface area contributed by atoms with E-state index in [1.54, 1.807) is 0 Å². The molecule has 12 aromatic rings. The number of anilines is 4. The van der Waals surface area contributed by atoms with Gasteiger partial charge in [0.25, 0.3) is 0 Å². The van der Waals surface area contributed by atoms with E-state index in [1.165, 1.54) is 11.1 Å². The Kier molecular flexibility index (Phi) is 17.1. The van der Waals surface area contributed by atoms with E-state index in [-0.39, 0.29) is 60.3 Å². The van der Waals surface area contributed by atoms with Crippen molar-refractivity contribution < 1.29 is 39.0 Å². The smallest absolute Gasteiger partial charge is 0.136 e. The van der Waals surface area contributed by atoms with Gasteiger partial charge in [-0.3, -0.25) is 0 Å². The van der Waals surface area contributed by atoms with Crippen LogP contribution in [0.2, 0.25) is 0 Å². The molecule has 1 aliphatic rings. The van der Waals surface area contributed by atoms with Crippen LogP contribution in [0.1, 0.15) is 130 Å². The quantitative estimate of drug-likeness (QED) is 0.114. The molecule has 0 atom stereocenters. The Hall–Kier alpha value is -8.97. The molecule has 0 saturated heterocycles. The Morgan fingerprint density at radius 3 is 1.59 bits per heavy atom. The first-order valence-electron chi connectivity index (χ1n) is 31.9. The van der Waals surface area contributed by atoms with Gasteiger partial charge in [0.15, 0.2) is 0 Å². The number of hydrogen-bond donors (Lipinski definition) is 0. The number of nitrogens with zero attached hydrogens (tertiary/aromatic N) is 4. The Morgan fingerprint density at radius 1 is 0.452 bits per heavy atom. The molecular formula is C84H76F3N4OPt-3. The normalized spacial score (nSPS) is 12.8. The Morgan fingerprint density at radius 2 is 1.00 bits per heavy atom. The molecule has 0 saturated carbocycles. The fourth-order valence-electron chi connectivity index (χ4n) is 12.9.